The van der Waals surface area contributed by atoms with Crippen LogP contribution in [0.25, 0.3) is 10.8 Å². The van der Waals surface area contributed by atoms with Crippen LogP contribution < -0.4 is 9.47 Å². The maximum atomic E-state index is 12.9. The molecule has 0 saturated carbocycles. The van der Waals surface area contributed by atoms with Crippen molar-refractivity contribution in [3.8, 4) is 11.5 Å². The molecule has 8 heteroatoms. The van der Waals surface area contributed by atoms with Gasteiger partial charge in [0.05, 0.1) is 43.6 Å². The third-order valence-corrected chi connectivity index (χ3v) is 5.64. The molecule has 1 atom stereocenters. The molecule has 3 aromatic carbocycles. The van der Waals surface area contributed by atoms with Crippen molar-refractivity contribution in [3.63, 3.8) is 0 Å². The van der Waals surface area contributed by atoms with E-state index in [0.29, 0.717) is 33.4 Å². The number of hydrogen-bond acceptors (Lipinski definition) is 8. The van der Waals surface area contributed by atoms with E-state index in [2.05, 4.69) is 4.74 Å². The summed E-state index contributed by atoms with van der Waals surface area (Å²) in [6.45, 7) is 3.38. The normalized spacial score (nSPS) is 16.7. The number of cyclic esters (lactones) is 1. The first-order chi connectivity index (χ1) is 15.7. The molecule has 1 heterocycles. The minimum atomic E-state index is -1.68. The molecule has 0 radical (unpaired) electrons. The minimum Gasteiger partial charge on any atom is -0.496 e. The largest absolute Gasteiger partial charge is 0.496 e. The molecular weight excluding hydrogens is 428 g/mol. The van der Waals surface area contributed by atoms with Gasteiger partial charge in [0.25, 0.3) is 5.79 Å². The first-order valence-corrected chi connectivity index (χ1v) is 10.1. The molecule has 0 N–H and O–H groups in total. The third kappa shape index (κ3) is 3.63. The molecule has 0 unspecified atom stereocenters. The number of ether oxygens (including phenoxy) is 5. The van der Waals surface area contributed by atoms with E-state index < -0.39 is 23.7 Å². The predicted molar refractivity (Wildman–Crippen MR) is 118 cm³/mol. The van der Waals surface area contributed by atoms with E-state index in [4.69, 9.17) is 18.9 Å². The second-order valence-corrected chi connectivity index (χ2v) is 7.66. The lowest BCUT2D eigenvalue weighted by atomic mass is 9.94. The molecule has 0 spiro atoms. The van der Waals surface area contributed by atoms with Gasteiger partial charge in [-0.05, 0) is 55.0 Å². The fourth-order valence-electron chi connectivity index (χ4n) is 3.95. The van der Waals surface area contributed by atoms with Crippen LogP contribution in [0.1, 0.15) is 49.1 Å². The lowest BCUT2D eigenvalue weighted by Gasteiger charge is -2.24. The zero-order valence-electron chi connectivity index (χ0n) is 18.8. The Bertz CT molecular complexity index is 1290. The maximum absolute atomic E-state index is 12.9. The average Bonchev–Trinajstić information content (AvgIpc) is 3.06. The zero-order chi connectivity index (χ0) is 23.9. The number of carbonyl (C=O) groups excluding carboxylic acids is 3. The van der Waals surface area contributed by atoms with Gasteiger partial charge in [0, 0.05) is 17.7 Å². The molecule has 4 rings (SSSR count). The molecule has 0 amide bonds. The summed E-state index contributed by atoms with van der Waals surface area (Å²) in [6.07, 6.45) is 0. The first kappa shape index (κ1) is 22.1. The van der Waals surface area contributed by atoms with Crippen LogP contribution in [0.5, 0.6) is 11.5 Å². The highest BCUT2D eigenvalue weighted by Gasteiger charge is 2.47. The van der Waals surface area contributed by atoms with Gasteiger partial charge in [-0.1, -0.05) is 0 Å². The summed E-state index contributed by atoms with van der Waals surface area (Å²) in [6, 6.07) is 11.0. The topological polar surface area (TPSA) is 97.4 Å². The summed E-state index contributed by atoms with van der Waals surface area (Å²) in [5.74, 6) is -2.45. The molecule has 0 fully saturated rings. The fourth-order valence-corrected chi connectivity index (χ4v) is 3.95. The monoisotopic (exact) mass is 450 g/mol. The van der Waals surface area contributed by atoms with Crippen molar-refractivity contribution >= 4 is 28.7 Å². The quantitative estimate of drug-likeness (QED) is 0.535. The summed E-state index contributed by atoms with van der Waals surface area (Å²) in [4.78, 5) is 37.4. The van der Waals surface area contributed by atoms with E-state index in [9.17, 15) is 14.4 Å². The smallest absolute Gasteiger partial charge is 0.342 e. The summed E-state index contributed by atoms with van der Waals surface area (Å²) in [7, 11) is 4.33. The lowest BCUT2D eigenvalue weighted by Crippen LogP contribution is -2.29. The van der Waals surface area contributed by atoms with Crippen molar-refractivity contribution in [2.24, 2.45) is 0 Å². The number of methoxy groups -OCH3 is 3. The number of carbonyl (C=O) groups is 3. The molecule has 170 valence electrons. The number of rotatable bonds is 5. The Hall–Kier alpha value is -4.07. The molecule has 0 saturated heterocycles. The van der Waals surface area contributed by atoms with Crippen molar-refractivity contribution in [3.05, 3.63) is 70.3 Å². The highest BCUT2D eigenvalue weighted by atomic mass is 16.7. The van der Waals surface area contributed by atoms with Gasteiger partial charge >= 0.3 is 17.9 Å². The van der Waals surface area contributed by atoms with E-state index >= 15 is 0 Å². The van der Waals surface area contributed by atoms with Crippen molar-refractivity contribution < 1.29 is 38.1 Å². The lowest BCUT2D eigenvalue weighted by molar-refractivity contribution is -0.153. The van der Waals surface area contributed by atoms with E-state index in [1.807, 2.05) is 13.0 Å². The molecule has 3 aromatic rings. The Labute approximate surface area is 190 Å². The van der Waals surface area contributed by atoms with E-state index in [1.165, 1.54) is 45.4 Å². The van der Waals surface area contributed by atoms with E-state index in [1.54, 1.807) is 19.2 Å². The number of esters is 3. The molecule has 8 nitrogen and oxygen atoms in total. The van der Waals surface area contributed by atoms with Crippen LogP contribution >= 0.6 is 0 Å². The molecule has 1 aliphatic rings. The standard InChI is InChI=1S/C25H22O8/c1-13-10-16-17(11-19(13)29-3)21-18(12-20(16)30-4)25(2,33-24(21)28)32-23(27)15-8-6-14(7-9-15)22(26)31-5/h6-12H,1-5H3/t25-/m0/s1. The van der Waals surface area contributed by atoms with Gasteiger partial charge in [-0.25, -0.2) is 14.4 Å². The minimum absolute atomic E-state index is 0.179. The summed E-state index contributed by atoms with van der Waals surface area (Å²) >= 11 is 0. The SMILES string of the molecule is COC(=O)c1ccc(C(=O)O[C@@]2(C)OC(=O)c3c2cc(OC)c2cc(C)c(OC)cc32)cc1. The summed E-state index contributed by atoms with van der Waals surface area (Å²) in [5, 5.41) is 1.28. The molecular formula is C25H22O8. The Morgan fingerprint density at radius 3 is 2.03 bits per heavy atom. The second-order valence-electron chi connectivity index (χ2n) is 7.66. The number of aryl methyl sites for hydroxylation is 1. The van der Waals surface area contributed by atoms with Gasteiger partial charge in [-0.2, -0.15) is 0 Å². The Kier molecular flexibility index (Phi) is 5.45. The zero-order valence-corrected chi connectivity index (χ0v) is 18.8. The average molecular weight is 450 g/mol. The molecule has 33 heavy (non-hydrogen) atoms. The Morgan fingerprint density at radius 2 is 1.45 bits per heavy atom. The van der Waals surface area contributed by atoms with Crippen LogP contribution in [-0.4, -0.2) is 39.2 Å². The van der Waals surface area contributed by atoms with E-state index in [-0.39, 0.29) is 11.1 Å². The van der Waals surface area contributed by atoms with Crippen molar-refractivity contribution in [1.29, 1.82) is 0 Å². The molecule has 0 aromatic heterocycles. The number of benzene rings is 3. The summed E-state index contributed by atoms with van der Waals surface area (Å²) in [5.41, 5.74) is 1.98. The van der Waals surface area contributed by atoms with Crippen LogP contribution in [0.2, 0.25) is 0 Å². The highest BCUT2D eigenvalue weighted by molar-refractivity contribution is 6.10. The second kappa shape index (κ2) is 8.12. The Balaban J connectivity index is 1.77. The van der Waals surface area contributed by atoms with Crippen LogP contribution in [-0.2, 0) is 20.0 Å². The van der Waals surface area contributed by atoms with Gasteiger partial charge in [0.2, 0.25) is 0 Å². The third-order valence-electron chi connectivity index (χ3n) is 5.64. The summed E-state index contributed by atoms with van der Waals surface area (Å²) < 4.78 is 26.8. The Morgan fingerprint density at radius 1 is 0.848 bits per heavy atom. The predicted octanol–water partition coefficient (Wildman–Crippen LogP) is 4.15. The van der Waals surface area contributed by atoms with Crippen LogP contribution in [0.4, 0.5) is 0 Å². The van der Waals surface area contributed by atoms with Gasteiger partial charge in [0.15, 0.2) is 0 Å². The first-order valence-electron chi connectivity index (χ1n) is 10.1. The fraction of sp³-hybridized carbons (Fsp3) is 0.240. The number of fused-ring (bicyclic) bond motifs is 3. The van der Waals surface area contributed by atoms with E-state index in [0.717, 1.165) is 5.56 Å². The van der Waals surface area contributed by atoms with Crippen LogP contribution in [0.3, 0.4) is 0 Å². The van der Waals surface area contributed by atoms with Crippen LogP contribution in [0.15, 0.2) is 42.5 Å². The number of hydrogen-bond donors (Lipinski definition) is 0. The van der Waals surface area contributed by atoms with Gasteiger partial charge in [-0.15, -0.1) is 0 Å². The van der Waals surface area contributed by atoms with Crippen molar-refractivity contribution in [2.75, 3.05) is 21.3 Å². The van der Waals surface area contributed by atoms with Crippen molar-refractivity contribution in [2.45, 2.75) is 19.6 Å². The molecule has 1 aliphatic heterocycles. The van der Waals surface area contributed by atoms with Crippen molar-refractivity contribution in [1.82, 2.24) is 0 Å². The van der Waals surface area contributed by atoms with Crippen LogP contribution in [0, 0.1) is 6.92 Å². The van der Waals surface area contributed by atoms with Gasteiger partial charge < -0.3 is 23.7 Å². The van der Waals surface area contributed by atoms with Gasteiger partial charge in [-0.3, -0.25) is 0 Å². The van der Waals surface area contributed by atoms with Gasteiger partial charge in [0.1, 0.15) is 11.5 Å². The highest BCUT2D eigenvalue weighted by Crippen LogP contribution is 2.45. The molecule has 0 bridgehead atoms. The maximum Gasteiger partial charge on any atom is 0.342 e. The molecule has 0 aliphatic carbocycles.